The molecule has 0 unspecified atom stereocenters. The molecule has 3 rings (SSSR count). The van der Waals surface area contributed by atoms with E-state index in [-0.39, 0.29) is 11.8 Å². The molecule has 2 aromatic rings. The molecular formula is C19H27N5O3. The van der Waals surface area contributed by atoms with E-state index in [1.54, 1.807) is 25.2 Å². The SMILES string of the molecule is COc1ccc(CCNC(=O)C2CCC(Cn3cnnn3)CC2)cc1OC. The largest absolute Gasteiger partial charge is 0.493 e. The number of carbonyl (C=O) groups is 1. The lowest BCUT2D eigenvalue weighted by atomic mass is 9.81. The van der Waals surface area contributed by atoms with Crippen molar-refractivity contribution in [3.63, 3.8) is 0 Å². The van der Waals surface area contributed by atoms with Gasteiger partial charge in [0.05, 0.1) is 14.2 Å². The maximum Gasteiger partial charge on any atom is 0.223 e. The number of ether oxygens (including phenoxy) is 2. The Morgan fingerprint density at radius 1 is 1.19 bits per heavy atom. The van der Waals surface area contributed by atoms with Gasteiger partial charge in [0.25, 0.3) is 0 Å². The van der Waals surface area contributed by atoms with Crippen LogP contribution in [0.15, 0.2) is 24.5 Å². The zero-order valence-corrected chi connectivity index (χ0v) is 15.9. The van der Waals surface area contributed by atoms with E-state index in [9.17, 15) is 4.79 Å². The Hall–Kier alpha value is -2.64. The Balaban J connectivity index is 1.40. The normalized spacial score (nSPS) is 19.5. The fourth-order valence-electron chi connectivity index (χ4n) is 3.65. The third-order valence-corrected chi connectivity index (χ3v) is 5.22. The van der Waals surface area contributed by atoms with E-state index >= 15 is 0 Å². The summed E-state index contributed by atoms with van der Waals surface area (Å²) in [6.45, 7) is 1.46. The van der Waals surface area contributed by atoms with E-state index in [1.807, 2.05) is 18.2 Å². The monoisotopic (exact) mass is 373 g/mol. The van der Waals surface area contributed by atoms with Gasteiger partial charge >= 0.3 is 0 Å². The second-order valence-corrected chi connectivity index (χ2v) is 6.98. The van der Waals surface area contributed by atoms with E-state index in [4.69, 9.17) is 9.47 Å². The van der Waals surface area contributed by atoms with Crippen molar-refractivity contribution in [2.75, 3.05) is 20.8 Å². The molecule has 0 atom stereocenters. The van der Waals surface area contributed by atoms with Crippen molar-refractivity contribution in [3.8, 4) is 11.5 Å². The zero-order chi connectivity index (χ0) is 19.1. The van der Waals surface area contributed by atoms with Crippen molar-refractivity contribution in [3.05, 3.63) is 30.1 Å². The highest BCUT2D eigenvalue weighted by Crippen LogP contribution is 2.30. The first-order chi connectivity index (χ1) is 13.2. The third kappa shape index (κ3) is 5.18. The minimum absolute atomic E-state index is 0.112. The van der Waals surface area contributed by atoms with Gasteiger partial charge in [-0.15, -0.1) is 5.10 Å². The molecule has 8 heteroatoms. The summed E-state index contributed by atoms with van der Waals surface area (Å²) in [5.74, 6) is 2.24. The summed E-state index contributed by atoms with van der Waals surface area (Å²) >= 11 is 0. The summed E-state index contributed by atoms with van der Waals surface area (Å²) in [4.78, 5) is 12.4. The molecule has 1 aliphatic rings. The molecule has 8 nitrogen and oxygen atoms in total. The molecule has 0 radical (unpaired) electrons. The number of carbonyl (C=O) groups excluding carboxylic acids is 1. The first-order valence-electron chi connectivity index (χ1n) is 9.39. The number of methoxy groups -OCH3 is 2. The molecule has 0 saturated heterocycles. The third-order valence-electron chi connectivity index (χ3n) is 5.22. The van der Waals surface area contributed by atoms with Crippen molar-refractivity contribution in [1.82, 2.24) is 25.5 Å². The van der Waals surface area contributed by atoms with Crippen molar-refractivity contribution >= 4 is 5.91 Å². The molecule has 27 heavy (non-hydrogen) atoms. The van der Waals surface area contributed by atoms with E-state index in [2.05, 4.69) is 20.8 Å². The highest BCUT2D eigenvalue weighted by atomic mass is 16.5. The topological polar surface area (TPSA) is 91.2 Å². The average Bonchev–Trinajstić information content (AvgIpc) is 3.21. The summed E-state index contributed by atoms with van der Waals surface area (Å²) < 4.78 is 12.3. The van der Waals surface area contributed by atoms with Crippen LogP contribution in [0.3, 0.4) is 0 Å². The van der Waals surface area contributed by atoms with E-state index < -0.39 is 0 Å². The summed E-state index contributed by atoms with van der Waals surface area (Å²) in [6, 6.07) is 5.84. The van der Waals surface area contributed by atoms with Gasteiger partial charge in [0.15, 0.2) is 11.5 Å². The lowest BCUT2D eigenvalue weighted by Gasteiger charge is -2.27. The number of tetrazole rings is 1. The van der Waals surface area contributed by atoms with Crippen LogP contribution in [-0.2, 0) is 17.8 Å². The van der Waals surface area contributed by atoms with Crippen LogP contribution in [0.1, 0.15) is 31.2 Å². The number of amides is 1. The molecule has 1 N–H and O–H groups in total. The number of nitrogens with zero attached hydrogens (tertiary/aromatic N) is 4. The van der Waals surface area contributed by atoms with Crippen molar-refractivity contribution in [2.45, 2.75) is 38.6 Å². The van der Waals surface area contributed by atoms with Crippen molar-refractivity contribution in [1.29, 1.82) is 0 Å². The predicted octanol–water partition coefficient (Wildman–Crippen LogP) is 1.86. The minimum Gasteiger partial charge on any atom is -0.493 e. The van der Waals surface area contributed by atoms with Crippen molar-refractivity contribution < 1.29 is 14.3 Å². The number of rotatable bonds is 8. The molecule has 1 fully saturated rings. The van der Waals surface area contributed by atoms with E-state index in [0.29, 0.717) is 24.0 Å². The molecule has 1 saturated carbocycles. The molecule has 1 heterocycles. The summed E-state index contributed by atoms with van der Waals surface area (Å²) in [7, 11) is 3.24. The van der Waals surface area contributed by atoms with Crippen molar-refractivity contribution in [2.24, 2.45) is 11.8 Å². The summed E-state index contributed by atoms with van der Waals surface area (Å²) in [5.41, 5.74) is 1.11. The first-order valence-corrected chi connectivity index (χ1v) is 9.39. The van der Waals surface area contributed by atoms with Gasteiger partial charge in [-0.1, -0.05) is 6.07 Å². The molecule has 0 aliphatic heterocycles. The van der Waals surface area contributed by atoms with Gasteiger partial charge in [-0.25, -0.2) is 4.68 Å². The Morgan fingerprint density at radius 3 is 2.63 bits per heavy atom. The molecule has 146 valence electrons. The zero-order valence-electron chi connectivity index (χ0n) is 15.9. The van der Waals surface area contributed by atoms with Gasteiger partial charge in [0, 0.05) is 19.0 Å². The van der Waals surface area contributed by atoms with Gasteiger partial charge < -0.3 is 14.8 Å². The second kappa shape index (κ2) is 9.34. The maximum atomic E-state index is 12.4. The maximum absolute atomic E-state index is 12.4. The molecular weight excluding hydrogens is 346 g/mol. The Morgan fingerprint density at radius 2 is 1.96 bits per heavy atom. The van der Waals surface area contributed by atoms with Gasteiger partial charge in [-0.05, 0) is 66.1 Å². The smallest absolute Gasteiger partial charge is 0.223 e. The van der Waals surface area contributed by atoms with Crippen LogP contribution in [0.4, 0.5) is 0 Å². The van der Waals surface area contributed by atoms with Crippen LogP contribution in [0.2, 0.25) is 0 Å². The Kier molecular flexibility index (Phi) is 6.62. The summed E-state index contributed by atoms with van der Waals surface area (Å²) in [5, 5.41) is 14.3. The molecule has 0 bridgehead atoms. The predicted molar refractivity (Wildman–Crippen MR) is 99.5 cm³/mol. The molecule has 1 amide bonds. The van der Waals surface area contributed by atoms with E-state index in [1.165, 1.54) is 0 Å². The fourth-order valence-corrected chi connectivity index (χ4v) is 3.65. The van der Waals surface area contributed by atoms with Gasteiger partial charge in [-0.3, -0.25) is 4.79 Å². The minimum atomic E-state index is 0.112. The molecule has 1 aliphatic carbocycles. The van der Waals surface area contributed by atoms with Gasteiger partial charge in [0.2, 0.25) is 5.91 Å². The molecule has 1 aromatic heterocycles. The van der Waals surface area contributed by atoms with Crippen LogP contribution in [-0.4, -0.2) is 46.9 Å². The molecule has 0 spiro atoms. The molecule has 1 aromatic carbocycles. The fraction of sp³-hybridized carbons (Fsp3) is 0.579. The number of hydrogen-bond donors (Lipinski definition) is 1. The van der Waals surface area contributed by atoms with Gasteiger partial charge in [-0.2, -0.15) is 0 Å². The van der Waals surface area contributed by atoms with Crippen LogP contribution in [0.5, 0.6) is 11.5 Å². The summed E-state index contributed by atoms with van der Waals surface area (Å²) in [6.07, 6.45) is 6.33. The van der Waals surface area contributed by atoms with Gasteiger partial charge in [0.1, 0.15) is 6.33 Å². The highest BCUT2D eigenvalue weighted by Gasteiger charge is 2.26. The van der Waals surface area contributed by atoms with Crippen LogP contribution < -0.4 is 14.8 Å². The van der Waals surface area contributed by atoms with Crippen LogP contribution >= 0.6 is 0 Å². The Bertz CT molecular complexity index is 727. The lowest BCUT2D eigenvalue weighted by molar-refractivity contribution is -0.126. The van der Waals surface area contributed by atoms with Crippen LogP contribution in [0.25, 0.3) is 0 Å². The number of hydrogen-bond acceptors (Lipinski definition) is 6. The quantitative estimate of drug-likeness (QED) is 0.759. The number of aromatic nitrogens is 4. The second-order valence-electron chi connectivity index (χ2n) is 6.98. The number of benzene rings is 1. The average molecular weight is 373 g/mol. The van der Waals surface area contributed by atoms with Crippen LogP contribution in [0, 0.1) is 11.8 Å². The standard InChI is InChI=1S/C19H27N5O3/c1-26-17-8-5-14(11-18(17)27-2)9-10-20-19(25)16-6-3-15(4-7-16)12-24-13-21-22-23-24/h5,8,11,13,15-16H,3-4,6-7,9-10,12H2,1-2H3,(H,20,25). The number of nitrogens with one attached hydrogen (secondary N) is 1. The highest BCUT2D eigenvalue weighted by molar-refractivity contribution is 5.78. The Labute approximate surface area is 159 Å². The van der Waals surface area contributed by atoms with E-state index in [0.717, 1.165) is 44.2 Å². The first kappa shape index (κ1) is 19.1. The lowest BCUT2D eigenvalue weighted by Crippen LogP contribution is -2.34.